The van der Waals surface area contributed by atoms with E-state index >= 15 is 0 Å². The van der Waals surface area contributed by atoms with Crippen molar-refractivity contribution in [2.45, 2.75) is 122 Å². The predicted molar refractivity (Wildman–Crippen MR) is 118 cm³/mol. The minimum Gasteiger partial charge on any atom is -0.457 e. The second kappa shape index (κ2) is 17.2. The van der Waals surface area contributed by atoms with E-state index in [-0.39, 0.29) is 11.6 Å². The van der Waals surface area contributed by atoms with Crippen LogP contribution in [0.5, 0.6) is 0 Å². The second-order valence-corrected chi connectivity index (χ2v) is 11.2. The average molecular weight is 414 g/mol. The van der Waals surface area contributed by atoms with Crippen molar-refractivity contribution in [1.82, 2.24) is 0 Å². The maximum absolute atomic E-state index is 9.19. The molecule has 0 spiro atoms. The van der Waals surface area contributed by atoms with Gasteiger partial charge in [-0.2, -0.15) is 0 Å². The summed E-state index contributed by atoms with van der Waals surface area (Å²) in [6, 6.07) is 0. The van der Waals surface area contributed by atoms with Gasteiger partial charge in [-0.1, -0.05) is 78.6 Å². The average Bonchev–Trinajstić information content (AvgIpc) is 2.61. The van der Waals surface area contributed by atoms with Crippen LogP contribution >= 0.6 is 0 Å². The molecular weight excluding hydrogens is 368 g/mol. The Balaban J connectivity index is 4.65. The fraction of sp³-hybridized carbons (Fsp3) is 1.00. The van der Waals surface area contributed by atoms with Crippen LogP contribution in [0.1, 0.15) is 117 Å². The smallest absolute Gasteiger partial charge is 0.229 e. The highest BCUT2D eigenvalue weighted by molar-refractivity contribution is 6.38. The lowest BCUT2D eigenvalue weighted by atomic mass is 9.72. The summed E-state index contributed by atoms with van der Waals surface area (Å²) in [5.41, 5.74) is 0.310. The molecule has 5 heteroatoms. The maximum Gasteiger partial charge on any atom is 0.229 e. The molecule has 3 nitrogen and oxygen atoms in total. The molecule has 0 aromatic heterocycles. The highest BCUT2D eigenvalue weighted by Crippen LogP contribution is 2.47. The molecule has 2 unspecified atom stereocenters. The van der Waals surface area contributed by atoms with Crippen LogP contribution in [-0.4, -0.2) is 43.7 Å². The third-order valence-corrected chi connectivity index (χ3v) is 7.15. The third kappa shape index (κ3) is 14.9. The number of aliphatic hydroxyl groups is 2. The Labute approximate surface area is 175 Å². The lowest BCUT2D eigenvalue weighted by molar-refractivity contribution is 0.183. The molecule has 0 amide bonds. The topological polar surface area (TPSA) is 49.7 Å². The zero-order chi connectivity index (χ0) is 20.4. The van der Waals surface area contributed by atoms with Gasteiger partial charge in [0.1, 0.15) is 0 Å². The molecule has 0 rings (SSSR count). The molecule has 0 saturated carbocycles. The first-order valence-electron chi connectivity index (χ1n) is 11.3. The van der Waals surface area contributed by atoms with Crippen LogP contribution in [0.15, 0.2) is 0 Å². The Hall–Kier alpha value is 0.314. The van der Waals surface area contributed by atoms with Gasteiger partial charge in [0, 0.05) is 13.2 Å². The Morgan fingerprint density at radius 2 is 1.22 bits per heavy atom. The van der Waals surface area contributed by atoms with Crippen molar-refractivity contribution in [3.63, 3.8) is 0 Å². The first-order chi connectivity index (χ1) is 12.9. The zero-order valence-electron chi connectivity index (χ0n) is 18.3. The molecule has 2 N–H and O–H groups in total. The van der Waals surface area contributed by atoms with E-state index < -0.39 is 0 Å². The van der Waals surface area contributed by atoms with Gasteiger partial charge in [-0.3, -0.25) is 0 Å². The summed E-state index contributed by atoms with van der Waals surface area (Å²) in [4.78, 5) is 0. The Morgan fingerprint density at radius 3 is 1.74 bits per heavy atom. The van der Waals surface area contributed by atoms with Crippen LogP contribution in [0.2, 0.25) is 5.04 Å². The number of hydrogen-bond donors (Lipinski definition) is 2. The zero-order valence-corrected chi connectivity index (χ0v) is 20.3. The Kier molecular flexibility index (Phi) is 17.4. The molecule has 0 fully saturated rings. The molecule has 2 atom stereocenters. The minimum atomic E-state index is 0.159. The third-order valence-electron chi connectivity index (χ3n) is 5.82. The van der Waals surface area contributed by atoms with Gasteiger partial charge < -0.3 is 14.3 Å². The molecule has 0 saturated heterocycles. The van der Waals surface area contributed by atoms with Crippen LogP contribution in [0.4, 0.5) is 0 Å². The van der Waals surface area contributed by atoms with Crippen molar-refractivity contribution >= 4 is 20.2 Å². The normalized spacial score (nSPS) is 16.2. The molecule has 0 bridgehead atoms. The summed E-state index contributed by atoms with van der Waals surface area (Å²) >= 11 is 0. The van der Waals surface area contributed by atoms with Crippen molar-refractivity contribution in [2.75, 3.05) is 13.2 Å². The van der Waals surface area contributed by atoms with Crippen molar-refractivity contribution in [1.29, 1.82) is 0 Å². The molecule has 0 aliphatic heterocycles. The summed E-state index contributed by atoms with van der Waals surface area (Å²) in [6.07, 6.45) is 18.1. The van der Waals surface area contributed by atoms with Gasteiger partial charge in [0.05, 0.1) is 0 Å². The first kappa shape index (κ1) is 27.3. The van der Waals surface area contributed by atoms with E-state index in [1.165, 1.54) is 57.8 Å². The van der Waals surface area contributed by atoms with E-state index in [1.807, 2.05) is 0 Å². The fourth-order valence-electron chi connectivity index (χ4n) is 4.34. The van der Waals surface area contributed by atoms with Gasteiger partial charge in [0.15, 0.2) is 0 Å². The van der Waals surface area contributed by atoms with Gasteiger partial charge in [-0.05, 0) is 49.0 Å². The standard InChI is InChI=1S/C22H45O3Si2/c1-4-5-6-7-8-9-10-15-21(2,16-11-13-18-23)20-22(3,27-25-26)17-12-14-19-24/h23-24H,4-20H2,1-3H3. The van der Waals surface area contributed by atoms with Crippen molar-refractivity contribution in [3.8, 4) is 0 Å². The lowest BCUT2D eigenvalue weighted by Gasteiger charge is -2.39. The van der Waals surface area contributed by atoms with Crippen LogP contribution in [0.3, 0.4) is 0 Å². The monoisotopic (exact) mass is 413 g/mol. The molecule has 27 heavy (non-hydrogen) atoms. The van der Waals surface area contributed by atoms with Crippen molar-refractivity contribution < 1.29 is 14.3 Å². The highest BCUT2D eigenvalue weighted by Gasteiger charge is 2.35. The second-order valence-electron chi connectivity index (χ2n) is 8.98. The van der Waals surface area contributed by atoms with E-state index in [2.05, 4.69) is 31.3 Å². The summed E-state index contributed by atoms with van der Waals surface area (Å²) in [5, 5.41) is 18.5. The maximum atomic E-state index is 9.19. The van der Waals surface area contributed by atoms with Crippen LogP contribution in [0, 0.1) is 5.41 Å². The summed E-state index contributed by atoms with van der Waals surface area (Å²) in [6.45, 7) is 7.64. The predicted octanol–water partition coefficient (Wildman–Crippen LogP) is 5.75. The molecule has 0 aromatic carbocycles. The number of rotatable bonds is 20. The van der Waals surface area contributed by atoms with Gasteiger partial charge in [-0.25, -0.2) is 0 Å². The van der Waals surface area contributed by atoms with Gasteiger partial charge >= 0.3 is 0 Å². The van der Waals surface area contributed by atoms with Gasteiger partial charge in [0.25, 0.3) is 0 Å². The summed E-state index contributed by atoms with van der Waals surface area (Å²) in [5.74, 6) is 0. The molecular formula is C22H45O3Si2. The van der Waals surface area contributed by atoms with E-state index in [9.17, 15) is 5.11 Å². The quantitative estimate of drug-likeness (QED) is 0.197. The molecule has 0 aliphatic carbocycles. The number of hydrogen-bond acceptors (Lipinski definition) is 3. The SMILES string of the molecule is CCCCCCCCCC(C)(CCCCO)CC(C)(CCCCO)[Si]O[Si]. The Morgan fingerprint density at radius 1 is 0.741 bits per heavy atom. The van der Waals surface area contributed by atoms with E-state index in [0.29, 0.717) is 21.8 Å². The summed E-state index contributed by atoms with van der Waals surface area (Å²) < 4.78 is 5.42. The van der Waals surface area contributed by atoms with E-state index in [1.54, 1.807) is 0 Å². The highest BCUT2D eigenvalue weighted by atomic mass is 28.3. The number of aliphatic hydroxyl groups excluding tert-OH is 2. The number of unbranched alkanes of at least 4 members (excludes halogenated alkanes) is 8. The molecule has 0 aromatic rings. The minimum absolute atomic E-state index is 0.159. The van der Waals surface area contributed by atoms with E-state index in [4.69, 9.17) is 9.22 Å². The van der Waals surface area contributed by atoms with Crippen LogP contribution < -0.4 is 0 Å². The Bertz CT molecular complexity index is 331. The summed E-state index contributed by atoms with van der Waals surface area (Å²) in [7, 11) is 3.68. The van der Waals surface area contributed by atoms with Crippen molar-refractivity contribution in [2.24, 2.45) is 5.41 Å². The fourth-order valence-corrected chi connectivity index (χ4v) is 6.11. The van der Waals surface area contributed by atoms with E-state index in [0.717, 1.165) is 38.5 Å². The molecule has 0 heterocycles. The first-order valence-corrected chi connectivity index (χ1v) is 12.6. The lowest BCUT2D eigenvalue weighted by Crippen LogP contribution is -2.29. The molecule has 159 valence electrons. The van der Waals surface area contributed by atoms with Crippen molar-refractivity contribution in [3.05, 3.63) is 0 Å². The van der Waals surface area contributed by atoms with Crippen LogP contribution in [-0.2, 0) is 4.12 Å². The molecule has 5 radical (unpaired) electrons. The van der Waals surface area contributed by atoms with Crippen LogP contribution in [0.25, 0.3) is 0 Å². The largest absolute Gasteiger partial charge is 0.457 e. The molecule has 0 aliphatic rings. The van der Waals surface area contributed by atoms with Gasteiger partial charge in [-0.15, -0.1) is 0 Å². The van der Waals surface area contributed by atoms with Gasteiger partial charge in [0.2, 0.25) is 20.2 Å².